The standard InChI is InChI=1S/C11H14N4S/c1-12-9-6-4-8(5-7-9)10-13-14-11(16-10)15(2)3/h4-7,12H,1-3H3. The molecule has 1 aromatic heterocycles. The second-order valence-electron chi connectivity index (χ2n) is 3.61. The average Bonchev–Trinajstić information content (AvgIpc) is 2.78. The van der Waals surface area contributed by atoms with Crippen molar-refractivity contribution >= 4 is 22.2 Å². The smallest absolute Gasteiger partial charge is 0.208 e. The number of nitrogens with zero attached hydrogens (tertiary/aromatic N) is 3. The first-order chi connectivity index (χ1) is 7.70. The molecule has 2 aromatic rings. The number of anilines is 2. The molecule has 1 N–H and O–H groups in total. The summed E-state index contributed by atoms with van der Waals surface area (Å²) in [5, 5.41) is 13.2. The maximum absolute atomic E-state index is 4.17. The Morgan fingerprint density at radius 1 is 1.12 bits per heavy atom. The van der Waals surface area contributed by atoms with Crippen molar-refractivity contribution in [1.82, 2.24) is 10.2 Å². The highest BCUT2D eigenvalue weighted by molar-refractivity contribution is 7.18. The Hall–Kier alpha value is -1.62. The van der Waals surface area contributed by atoms with Crippen molar-refractivity contribution in [2.24, 2.45) is 0 Å². The molecule has 0 atom stereocenters. The van der Waals surface area contributed by atoms with Crippen LogP contribution in [-0.2, 0) is 0 Å². The summed E-state index contributed by atoms with van der Waals surface area (Å²) in [6.07, 6.45) is 0. The number of benzene rings is 1. The Labute approximate surface area is 98.9 Å². The molecule has 0 radical (unpaired) electrons. The molecular weight excluding hydrogens is 220 g/mol. The first-order valence-electron chi connectivity index (χ1n) is 4.99. The summed E-state index contributed by atoms with van der Waals surface area (Å²) in [5.74, 6) is 0. The van der Waals surface area contributed by atoms with Crippen molar-refractivity contribution in [3.63, 3.8) is 0 Å². The molecule has 0 aliphatic carbocycles. The predicted molar refractivity (Wildman–Crippen MR) is 69.2 cm³/mol. The lowest BCUT2D eigenvalue weighted by Gasteiger charge is -2.04. The number of hydrogen-bond donors (Lipinski definition) is 1. The van der Waals surface area contributed by atoms with E-state index in [0.717, 1.165) is 21.4 Å². The van der Waals surface area contributed by atoms with Gasteiger partial charge in [-0.1, -0.05) is 11.3 Å². The van der Waals surface area contributed by atoms with Crippen LogP contribution in [0.25, 0.3) is 10.6 Å². The maximum Gasteiger partial charge on any atom is 0.208 e. The van der Waals surface area contributed by atoms with Gasteiger partial charge in [0.1, 0.15) is 5.01 Å². The van der Waals surface area contributed by atoms with E-state index in [1.54, 1.807) is 11.3 Å². The molecule has 0 aliphatic heterocycles. The van der Waals surface area contributed by atoms with Gasteiger partial charge in [-0.25, -0.2) is 0 Å². The normalized spacial score (nSPS) is 10.2. The zero-order valence-electron chi connectivity index (χ0n) is 9.56. The molecule has 0 unspecified atom stereocenters. The fourth-order valence-corrected chi connectivity index (χ4v) is 2.07. The largest absolute Gasteiger partial charge is 0.388 e. The lowest BCUT2D eigenvalue weighted by atomic mass is 10.2. The minimum absolute atomic E-state index is 0.924. The van der Waals surface area contributed by atoms with E-state index in [-0.39, 0.29) is 0 Å². The van der Waals surface area contributed by atoms with Crippen LogP contribution in [0.1, 0.15) is 0 Å². The number of aromatic nitrogens is 2. The van der Waals surface area contributed by atoms with Gasteiger partial charge in [0.15, 0.2) is 0 Å². The first-order valence-corrected chi connectivity index (χ1v) is 5.81. The second-order valence-corrected chi connectivity index (χ2v) is 4.57. The molecule has 5 heteroatoms. The number of rotatable bonds is 3. The zero-order valence-corrected chi connectivity index (χ0v) is 10.4. The van der Waals surface area contributed by atoms with Crippen molar-refractivity contribution in [3.05, 3.63) is 24.3 Å². The molecule has 0 fully saturated rings. The summed E-state index contributed by atoms with van der Waals surface area (Å²) in [7, 11) is 5.84. The highest BCUT2D eigenvalue weighted by atomic mass is 32.1. The van der Waals surface area contributed by atoms with Crippen LogP contribution in [0.2, 0.25) is 0 Å². The maximum atomic E-state index is 4.17. The summed E-state index contributed by atoms with van der Waals surface area (Å²) in [6.45, 7) is 0. The molecule has 1 aromatic carbocycles. The molecule has 84 valence electrons. The minimum atomic E-state index is 0.924. The molecule has 0 spiro atoms. The van der Waals surface area contributed by atoms with Gasteiger partial charge in [0.05, 0.1) is 0 Å². The van der Waals surface area contributed by atoms with Gasteiger partial charge in [0, 0.05) is 32.4 Å². The van der Waals surface area contributed by atoms with Crippen molar-refractivity contribution in [3.8, 4) is 10.6 Å². The van der Waals surface area contributed by atoms with Crippen LogP contribution in [0, 0.1) is 0 Å². The van der Waals surface area contributed by atoms with Gasteiger partial charge in [-0.05, 0) is 24.3 Å². The first kappa shape index (κ1) is 10.9. The van der Waals surface area contributed by atoms with Crippen LogP contribution in [0.4, 0.5) is 10.8 Å². The van der Waals surface area contributed by atoms with Crippen molar-refractivity contribution in [2.75, 3.05) is 31.4 Å². The Kier molecular flexibility index (Phi) is 3.05. The van der Waals surface area contributed by atoms with Crippen molar-refractivity contribution in [2.45, 2.75) is 0 Å². The lowest BCUT2D eigenvalue weighted by Crippen LogP contribution is -2.07. The summed E-state index contributed by atoms with van der Waals surface area (Å²) >= 11 is 1.59. The van der Waals surface area contributed by atoms with Crippen LogP contribution in [0.5, 0.6) is 0 Å². The summed E-state index contributed by atoms with van der Waals surface area (Å²) in [5.41, 5.74) is 2.20. The molecule has 0 aliphatic rings. The Morgan fingerprint density at radius 2 is 1.81 bits per heavy atom. The topological polar surface area (TPSA) is 41.1 Å². The van der Waals surface area contributed by atoms with E-state index in [4.69, 9.17) is 0 Å². The minimum Gasteiger partial charge on any atom is -0.388 e. The van der Waals surface area contributed by atoms with Gasteiger partial charge in [-0.15, -0.1) is 10.2 Å². The van der Waals surface area contributed by atoms with E-state index in [1.165, 1.54) is 0 Å². The van der Waals surface area contributed by atoms with Gasteiger partial charge in [-0.3, -0.25) is 0 Å². The molecule has 0 saturated carbocycles. The Balaban J connectivity index is 2.28. The summed E-state index contributed by atoms with van der Waals surface area (Å²) < 4.78 is 0. The van der Waals surface area contributed by atoms with E-state index in [9.17, 15) is 0 Å². The lowest BCUT2D eigenvalue weighted by molar-refractivity contribution is 1.02. The molecule has 2 rings (SSSR count). The van der Waals surface area contributed by atoms with Crippen LogP contribution in [-0.4, -0.2) is 31.3 Å². The van der Waals surface area contributed by atoms with Crippen molar-refractivity contribution < 1.29 is 0 Å². The van der Waals surface area contributed by atoms with E-state index in [0.29, 0.717) is 0 Å². The molecule has 1 heterocycles. The molecular formula is C11H14N4S. The fraction of sp³-hybridized carbons (Fsp3) is 0.273. The predicted octanol–water partition coefficient (Wildman–Crippen LogP) is 2.31. The molecule has 16 heavy (non-hydrogen) atoms. The third kappa shape index (κ3) is 2.14. The third-order valence-electron chi connectivity index (χ3n) is 2.22. The summed E-state index contributed by atoms with van der Waals surface area (Å²) in [4.78, 5) is 1.96. The van der Waals surface area contributed by atoms with Crippen LogP contribution >= 0.6 is 11.3 Å². The summed E-state index contributed by atoms with van der Waals surface area (Å²) in [6, 6.07) is 8.16. The Bertz CT molecular complexity index is 461. The Morgan fingerprint density at radius 3 is 2.31 bits per heavy atom. The van der Waals surface area contributed by atoms with Gasteiger partial charge in [0.25, 0.3) is 0 Å². The SMILES string of the molecule is CNc1ccc(-c2nnc(N(C)C)s2)cc1. The van der Waals surface area contributed by atoms with Gasteiger partial charge >= 0.3 is 0 Å². The highest BCUT2D eigenvalue weighted by Crippen LogP contribution is 2.28. The van der Waals surface area contributed by atoms with E-state index >= 15 is 0 Å². The van der Waals surface area contributed by atoms with Gasteiger partial charge in [0.2, 0.25) is 5.13 Å². The number of nitrogens with one attached hydrogen (secondary N) is 1. The van der Waals surface area contributed by atoms with E-state index < -0.39 is 0 Å². The fourth-order valence-electron chi connectivity index (χ4n) is 1.29. The van der Waals surface area contributed by atoms with Crippen LogP contribution in [0.15, 0.2) is 24.3 Å². The monoisotopic (exact) mass is 234 g/mol. The third-order valence-corrected chi connectivity index (χ3v) is 3.36. The molecule has 0 saturated heterocycles. The molecule has 0 amide bonds. The highest BCUT2D eigenvalue weighted by Gasteiger charge is 2.07. The molecule has 4 nitrogen and oxygen atoms in total. The van der Waals surface area contributed by atoms with E-state index in [2.05, 4.69) is 15.5 Å². The van der Waals surface area contributed by atoms with Crippen LogP contribution in [0.3, 0.4) is 0 Å². The van der Waals surface area contributed by atoms with Gasteiger partial charge in [-0.2, -0.15) is 0 Å². The van der Waals surface area contributed by atoms with Crippen molar-refractivity contribution in [1.29, 1.82) is 0 Å². The average molecular weight is 234 g/mol. The quantitative estimate of drug-likeness (QED) is 0.885. The second kappa shape index (κ2) is 4.49. The van der Waals surface area contributed by atoms with Crippen LogP contribution < -0.4 is 10.2 Å². The zero-order chi connectivity index (χ0) is 11.5. The number of hydrogen-bond acceptors (Lipinski definition) is 5. The van der Waals surface area contributed by atoms with E-state index in [1.807, 2.05) is 50.3 Å². The molecule has 0 bridgehead atoms. The van der Waals surface area contributed by atoms with Gasteiger partial charge < -0.3 is 10.2 Å².